The van der Waals surface area contributed by atoms with Gasteiger partial charge in [-0.1, -0.05) is 12.8 Å². The lowest BCUT2D eigenvalue weighted by Gasteiger charge is -2.33. The van der Waals surface area contributed by atoms with Crippen molar-refractivity contribution < 1.29 is 14.7 Å². The van der Waals surface area contributed by atoms with Crippen LogP contribution in [-0.4, -0.2) is 35.1 Å². The van der Waals surface area contributed by atoms with Gasteiger partial charge < -0.3 is 15.3 Å². The van der Waals surface area contributed by atoms with E-state index in [0.29, 0.717) is 13.1 Å². The highest BCUT2D eigenvalue weighted by Crippen LogP contribution is 2.34. The van der Waals surface area contributed by atoms with Crippen molar-refractivity contribution in [1.82, 2.24) is 10.2 Å². The van der Waals surface area contributed by atoms with Gasteiger partial charge >= 0.3 is 12.0 Å². The molecule has 1 atom stereocenters. The summed E-state index contributed by atoms with van der Waals surface area (Å²) >= 11 is 1.57. The molecule has 1 aromatic heterocycles. The van der Waals surface area contributed by atoms with E-state index in [1.54, 1.807) is 11.3 Å². The molecule has 0 bridgehead atoms. The first-order valence-corrected chi connectivity index (χ1v) is 8.38. The number of hydrogen-bond acceptors (Lipinski definition) is 3. The third-order valence-electron chi connectivity index (χ3n) is 4.22. The molecule has 2 N–H and O–H groups in total. The first kappa shape index (κ1) is 14.4. The van der Waals surface area contributed by atoms with Gasteiger partial charge in [0.15, 0.2) is 6.04 Å². The fraction of sp³-hybridized carbons (Fsp3) is 0.600. The van der Waals surface area contributed by atoms with Crippen LogP contribution >= 0.6 is 11.3 Å². The number of carboxylic acid groups (broad SMARTS) is 1. The zero-order valence-electron chi connectivity index (χ0n) is 11.9. The molecule has 1 fully saturated rings. The van der Waals surface area contributed by atoms with Crippen molar-refractivity contribution in [3.05, 3.63) is 21.9 Å². The summed E-state index contributed by atoms with van der Waals surface area (Å²) in [6, 6.07) is 0.726. The molecule has 1 aliphatic carbocycles. The van der Waals surface area contributed by atoms with Crippen LogP contribution in [0.15, 0.2) is 11.4 Å². The Labute approximate surface area is 128 Å². The third kappa shape index (κ3) is 3.20. The number of aliphatic carboxylic acids is 1. The fourth-order valence-electron chi connectivity index (χ4n) is 2.90. The molecule has 1 aromatic rings. The molecule has 1 saturated carbocycles. The molecule has 3 rings (SSSR count). The van der Waals surface area contributed by atoms with Gasteiger partial charge in [-0.2, -0.15) is 0 Å². The Kier molecular flexibility index (Phi) is 4.14. The number of thiophene rings is 1. The number of carboxylic acids is 1. The maximum atomic E-state index is 12.3. The summed E-state index contributed by atoms with van der Waals surface area (Å²) in [4.78, 5) is 26.3. The molecule has 2 heterocycles. The second kappa shape index (κ2) is 6.05. The van der Waals surface area contributed by atoms with Crippen molar-refractivity contribution in [1.29, 1.82) is 0 Å². The molecule has 21 heavy (non-hydrogen) atoms. The Morgan fingerprint density at radius 3 is 2.95 bits per heavy atom. The summed E-state index contributed by atoms with van der Waals surface area (Å²) in [7, 11) is 0. The Hall–Kier alpha value is -1.56. The number of carbonyl (C=O) groups excluding carboxylic acids is 1. The quantitative estimate of drug-likeness (QED) is 0.822. The molecule has 2 amide bonds. The number of urea groups is 1. The summed E-state index contributed by atoms with van der Waals surface area (Å²) in [5, 5.41) is 14.2. The van der Waals surface area contributed by atoms with Crippen molar-refractivity contribution in [2.75, 3.05) is 13.1 Å². The predicted molar refractivity (Wildman–Crippen MR) is 80.5 cm³/mol. The van der Waals surface area contributed by atoms with Crippen LogP contribution in [-0.2, 0) is 11.2 Å². The van der Waals surface area contributed by atoms with Gasteiger partial charge in [0, 0.05) is 18.0 Å². The molecule has 114 valence electrons. The summed E-state index contributed by atoms with van der Waals surface area (Å²) in [6.45, 7) is 1.10. The average molecular weight is 308 g/mol. The van der Waals surface area contributed by atoms with Crippen molar-refractivity contribution in [2.24, 2.45) is 5.92 Å². The van der Waals surface area contributed by atoms with Crippen molar-refractivity contribution in [3.63, 3.8) is 0 Å². The normalized spacial score (nSPS) is 21.0. The minimum Gasteiger partial charge on any atom is -0.479 e. The Morgan fingerprint density at radius 2 is 2.24 bits per heavy atom. The number of amides is 2. The van der Waals surface area contributed by atoms with Gasteiger partial charge in [0.05, 0.1) is 0 Å². The van der Waals surface area contributed by atoms with Crippen LogP contribution < -0.4 is 5.32 Å². The van der Waals surface area contributed by atoms with Crippen LogP contribution in [0.5, 0.6) is 0 Å². The molecule has 1 aliphatic heterocycles. The van der Waals surface area contributed by atoms with Crippen LogP contribution in [0.4, 0.5) is 4.79 Å². The standard InChI is InChI=1S/C15H20N2O3S/c18-14(19)13-11-6-9-21-12(11)5-8-17(13)15(20)16-7-1-2-10-3-4-10/h6,9-10,13H,1-5,7-8H2,(H,16,20)(H,18,19). The van der Waals surface area contributed by atoms with E-state index in [0.717, 1.165) is 35.6 Å². The highest BCUT2D eigenvalue weighted by atomic mass is 32.1. The molecule has 0 radical (unpaired) electrons. The van der Waals surface area contributed by atoms with Gasteiger partial charge in [0.1, 0.15) is 0 Å². The Bertz CT molecular complexity index is 539. The fourth-order valence-corrected chi connectivity index (χ4v) is 3.80. The lowest BCUT2D eigenvalue weighted by Crippen LogP contribution is -2.48. The van der Waals surface area contributed by atoms with E-state index in [-0.39, 0.29) is 6.03 Å². The predicted octanol–water partition coefficient (Wildman–Crippen LogP) is 2.63. The second-order valence-electron chi connectivity index (χ2n) is 5.80. The summed E-state index contributed by atoms with van der Waals surface area (Å²) < 4.78 is 0. The number of hydrogen-bond donors (Lipinski definition) is 2. The second-order valence-corrected chi connectivity index (χ2v) is 6.80. The summed E-state index contributed by atoms with van der Waals surface area (Å²) in [5.41, 5.74) is 0.770. The minimum atomic E-state index is -0.956. The zero-order valence-corrected chi connectivity index (χ0v) is 12.7. The largest absolute Gasteiger partial charge is 0.479 e. The van der Waals surface area contributed by atoms with E-state index in [1.807, 2.05) is 11.4 Å². The Balaban J connectivity index is 1.60. The first-order chi connectivity index (χ1) is 10.2. The highest BCUT2D eigenvalue weighted by molar-refractivity contribution is 7.10. The van der Waals surface area contributed by atoms with E-state index in [4.69, 9.17) is 0 Å². The zero-order chi connectivity index (χ0) is 14.8. The highest BCUT2D eigenvalue weighted by Gasteiger charge is 2.36. The molecule has 0 spiro atoms. The molecular formula is C15H20N2O3S. The van der Waals surface area contributed by atoms with E-state index in [9.17, 15) is 14.7 Å². The monoisotopic (exact) mass is 308 g/mol. The number of fused-ring (bicyclic) bond motifs is 1. The third-order valence-corrected chi connectivity index (χ3v) is 5.22. The van der Waals surface area contributed by atoms with E-state index in [1.165, 1.54) is 17.7 Å². The maximum Gasteiger partial charge on any atom is 0.331 e. The van der Waals surface area contributed by atoms with Gasteiger partial charge in [-0.05, 0) is 42.2 Å². The number of rotatable bonds is 5. The summed E-state index contributed by atoms with van der Waals surface area (Å²) in [6.07, 6.45) is 5.53. The lowest BCUT2D eigenvalue weighted by molar-refractivity contribution is -0.142. The molecule has 0 aromatic carbocycles. The van der Waals surface area contributed by atoms with Gasteiger partial charge in [-0.3, -0.25) is 0 Å². The molecule has 6 heteroatoms. The van der Waals surface area contributed by atoms with Gasteiger partial charge in [-0.15, -0.1) is 11.3 Å². The molecule has 1 unspecified atom stereocenters. The van der Waals surface area contributed by atoms with Crippen molar-refractivity contribution in [2.45, 2.75) is 38.1 Å². The lowest BCUT2D eigenvalue weighted by atomic mass is 10.0. The SMILES string of the molecule is O=C(O)C1c2ccsc2CCN1C(=O)NCCCC1CC1. The topological polar surface area (TPSA) is 69.6 Å². The van der Waals surface area contributed by atoms with Gasteiger partial charge in [0.25, 0.3) is 0 Å². The van der Waals surface area contributed by atoms with E-state index >= 15 is 0 Å². The van der Waals surface area contributed by atoms with Crippen LogP contribution in [0, 0.1) is 5.92 Å². The minimum absolute atomic E-state index is 0.255. The molecule has 5 nitrogen and oxygen atoms in total. The van der Waals surface area contributed by atoms with Crippen LogP contribution in [0.1, 0.15) is 42.2 Å². The van der Waals surface area contributed by atoms with Crippen LogP contribution in [0.2, 0.25) is 0 Å². The van der Waals surface area contributed by atoms with Gasteiger partial charge in [0.2, 0.25) is 0 Å². The first-order valence-electron chi connectivity index (χ1n) is 7.50. The molecule has 2 aliphatic rings. The van der Waals surface area contributed by atoms with Crippen molar-refractivity contribution >= 4 is 23.3 Å². The Morgan fingerprint density at radius 1 is 1.43 bits per heavy atom. The summed E-state index contributed by atoms with van der Waals surface area (Å²) in [5.74, 6) is -0.0977. The number of nitrogens with one attached hydrogen (secondary N) is 1. The molecular weight excluding hydrogens is 288 g/mol. The van der Waals surface area contributed by atoms with E-state index < -0.39 is 12.0 Å². The number of carbonyl (C=O) groups is 2. The molecule has 0 saturated heterocycles. The van der Waals surface area contributed by atoms with E-state index in [2.05, 4.69) is 5.32 Å². The van der Waals surface area contributed by atoms with Crippen LogP contribution in [0.3, 0.4) is 0 Å². The van der Waals surface area contributed by atoms with Gasteiger partial charge in [-0.25, -0.2) is 9.59 Å². The smallest absolute Gasteiger partial charge is 0.331 e. The average Bonchev–Trinajstić information content (AvgIpc) is 3.16. The van der Waals surface area contributed by atoms with Crippen molar-refractivity contribution in [3.8, 4) is 0 Å². The maximum absolute atomic E-state index is 12.3. The van der Waals surface area contributed by atoms with Crippen LogP contribution in [0.25, 0.3) is 0 Å². The number of nitrogens with zero attached hydrogens (tertiary/aromatic N) is 1.